The number of carbonyl (C=O) groups excluding carboxylic acids is 1. The van der Waals surface area contributed by atoms with Crippen molar-refractivity contribution in [2.45, 2.75) is 71.8 Å². The van der Waals surface area contributed by atoms with Crippen LogP contribution in [0.1, 0.15) is 65.7 Å². The molecule has 1 N–H and O–H groups in total. The summed E-state index contributed by atoms with van der Waals surface area (Å²) in [6.45, 7) is 7.20. The first kappa shape index (κ1) is 14.7. The molecular formula is C21H30O2. The van der Waals surface area contributed by atoms with Crippen LogP contribution in [0.4, 0.5) is 0 Å². The molecule has 5 aliphatic carbocycles. The van der Waals surface area contributed by atoms with Crippen LogP contribution >= 0.6 is 0 Å². The summed E-state index contributed by atoms with van der Waals surface area (Å²) < 4.78 is 0. The highest BCUT2D eigenvalue weighted by molar-refractivity contribution is 5.91. The summed E-state index contributed by atoms with van der Waals surface area (Å²) in [6, 6.07) is 0. The van der Waals surface area contributed by atoms with Gasteiger partial charge >= 0.3 is 0 Å². The maximum Gasteiger partial charge on any atom is 0.155 e. The van der Waals surface area contributed by atoms with Crippen molar-refractivity contribution in [2.24, 2.45) is 39.9 Å². The fourth-order valence-electron chi connectivity index (χ4n) is 8.16. The van der Waals surface area contributed by atoms with Crippen LogP contribution in [0.15, 0.2) is 11.6 Å². The van der Waals surface area contributed by atoms with E-state index >= 15 is 0 Å². The molecule has 4 saturated carbocycles. The van der Waals surface area contributed by atoms with Crippen molar-refractivity contribution in [3.8, 4) is 0 Å². The molecule has 0 aromatic carbocycles. The van der Waals surface area contributed by atoms with Crippen molar-refractivity contribution < 1.29 is 9.90 Å². The molecule has 8 atom stereocenters. The Kier molecular flexibility index (Phi) is 2.63. The molecule has 126 valence electrons. The molecule has 1 spiro atoms. The SMILES string of the molecule is C[C@H]1C[C@@H]2[C@H](CC[C@]3(C)C(O)C[C@@H]4C[C@]423)[C@@]2(C)CCC(=O)C=C12. The Hall–Kier alpha value is -0.630. The molecule has 23 heavy (non-hydrogen) atoms. The summed E-state index contributed by atoms with van der Waals surface area (Å²) in [5.41, 5.74) is 2.30. The van der Waals surface area contributed by atoms with Gasteiger partial charge in [-0.3, -0.25) is 4.79 Å². The first-order valence-electron chi connectivity index (χ1n) is 9.76. The van der Waals surface area contributed by atoms with Crippen molar-refractivity contribution in [3.63, 3.8) is 0 Å². The average Bonchev–Trinajstić information content (AvgIpc) is 3.16. The summed E-state index contributed by atoms with van der Waals surface area (Å²) in [5.74, 6) is 3.18. The molecule has 0 aromatic heterocycles. The fraction of sp³-hybridized carbons (Fsp3) is 0.857. The van der Waals surface area contributed by atoms with E-state index in [9.17, 15) is 9.90 Å². The van der Waals surface area contributed by atoms with E-state index in [0.717, 1.165) is 37.0 Å². The van der Waals surface area contributed by atoms with Gasteiger partial charge in [0.1, 0.15) is 0 Å². The van der Waals surface area contributed by atoms with E-state index in [1.165, 1.54) is 31.3 Å². The fourth-order valence-corrected chi connectivity index (χ4v) is 8.16. The molecule has 2 nitrogen and oxygen atoms in total. The van der Waals surface area contributed by atoms with Gasteiger partial charge in [-0.05, 0) is 84.5 Å². The van der Waals surface area contributed by atoms with Crippen LogP contribution in [0.25, 0.3) is 0 Å². The molecule has 0 saturated heterocycles. The second-order valence-corrected chi connectivity index (χ2v) is 9.98. The maximum atomic E-state index is 12.0. The molecule has 0 heterocycles. The van der Waals surface area contributed by atoms with Crippen molar-refractivity contribution in [2.75, 3.05) is 0 Å². The lowest BCUT2D eigenvalue weighted by atomic mass is 9.44. The summed E-state index contributed by atoms with van der Waals surface area (Å²) >= 11 is 0. The van der Waals surface area contributed by atoms with Crippen molar-refractivity contribution in [1.29, 1.82) is 0 Å². The Morgan fingerprint density at radius 3 is 2.74 bits per heavy atom. The predicted octanol–water partition coefficient (Wildman–Crippen LogP) is 4.13. The van der Waals surface area contributed by atoms with Gasteiger partial charge < -0.3 is 5.11 Å². The minimum atomic E-state index is -0.0739. The minimum Gasteiger partial charge on any atom is -0.393 e. The normalized spacial score (nSPS) is 60.3. The lowest BCUT2D eigenvalue weighted by Crippen LogP contribution is -2.55. The van der Waals surface area contributed by atoms with Crippen molar-refractivity contribution in [3.05, 3.63) is 11.6 Å². The number of aliphatic hydroxyl groups excluding tert-OH is 1. The Morgan fingerprint density at radius 2 is 1.96 bits per heavy atom. The average molecular weight is 314 g/mol. The van der Waals surface area contributed by atoms with Crippen LogP contribution in [0.2, 0.25) is 0 Å². The van der Waals surface area contributed by atoms with E-state index in [-0.39, 0.29) is 16.9 Å². The van der Waals surface area contributed by atoms with Gasteiger partial charge in [0.25, 0.3) is 0 Å². The van der Waals surface area contributed by atoms with E-state index in [2.05, 4.69) is 20.8 Å². The topological polar surface area (TPSA) is 37.3 Å². The van der Waals surface area contributed by atoms with Crippen LogP contribution in [0.5, 0.6) is 0 Å². The van der Waals surface area contributed by atoms with Gasteiger partial charge in [-0.1, -0.05) is 26.3 Å². The molecule has 0 radical (unpaired) electrons. The third-order valence-corrected chi connectivity index (χ3v) is 9.40. The summed E-state index contributed by atoms with van der Waals surface area (Å²) in [6.07, 6.45) is 9.85. The lowest BCUT2D eigenvalue weighted by molar-refractivity contribution is -0.122. The molecule has 5 rings (SSSR count). The number of rotatable bonds is 0. The maximum absolute atomic E-state index is 12.0. The third-order valence-electron chi connectivity index (χ3n) is 9.40. The number of hydrogen-bond donors (Lipinski definition) is 1. The number of aliphatic hydroxyl groups is 1. The Morgan fingerprint density at radius 1 is 1.17 bits per heavy atom. The summed E-state index contributed by atoms with van der Waals surface area (Å²) in [5, 5.41) is 10.7. The van der Waals surface area contributed by atoms with E-state index in [1.807, 2.05) is 6.08 Å². The first-order valence-corrected chi connectivity index (χ1v) is 9.76. The molecule has 4 fully saturated rings. The molecular weight excluding hydrogens is 284 g/mol. The number of ketones is 1. The largest absolute Gasteiger partial charge is 0.393 e. The zero-order valence-corrected chi connectivity index (χ0v) is 14.8. The second-order valence-electron chi connectivity index (χ2n) is 9.98. The zero-order chi connectivity index (χ0) is 16.2. The van der Waals surface area contributed by atoms with Gasteiger partial charge in [0.2, 0.25) is 0 Å². The highest BCUT2D eigenvalue weighted by atomic mass is 16.3. The highest BCUT2D eigenvalue weighted by Crippen LogP contribution is 2.82. The molecule has 5 aliphatic rings. The van der Waals surface area contributed by atoms with Crippen LogP contribution in [-0.2, 0) is 4.79 Å². The van der Waals surface area contributed by atoms with Crippen molar-refractivity contribution in [1.82, 2.24) is 0 Å². The third kappa shape index (κ3) is 1.49. The monoisotopic (exact) mass is 314 g/mol. The van der Waals surface area contributed by atoms with Gasteiger partial charge in [-0.2, -0.15) is 0 Å². The van der Waals surface area contributed by atoms with Crippen LogP contribution in [0, 0.1) is 39.9 Å². The first-order chi connectivity index (χ1) is 10.8. The second kappa shape index (κ2) is 4.12. The highest BCUT2D eigenvalue weighted by Gasteiger charge is 2.78. The smallest absolute Gasteiger partial charge is 0.155 e. The number of allylic oxidation sites excluding steroid dienone is 1. The predicted molar refractivity (Wildman–Crippen MR) is 89.7 cm³/mol. The van der Waals surface area contributed by atoms with E-state index in [4.69, 9.17) is 0 Å². The Balaban J connectivity index is 1.60. The Labute approximate surface area is 139 Å². The molecule has 2 heteroatoms. The van der Waals surface area contributed by atoms with Crippen LogP contribution in [-0.4, -0.2) is 17.0 Å². The van der Waals surface area contributed by atoms with Gasteiger partial charge in [0.15, 0.2) is 5.78 Å². The van der Waals surface area contributed by atoms with Crippen LogP contribution in [0.3, 0.4) is 0 Å². The molecule has 0 bridgehead atoms. The van der Waals surface area contributed by atoms with E-state index < -0.39 is 0 Å². The lowest BCUT2D eigenvalue weighted by Gasteiger charge is -2.60. The van der Waals surface area contributed by atoms with E-state index in [1.54, 1.807) is 0 Å². The molecule has 0 aliphatic heterocycles. The van der Waals surface area contributed by atoms with Gasteiger partial charge in [0.05, 0.1) is 6.10 Å². The van der Waals surface area contributed by atoms with Gasteiger partial charge in [0, 0.05) is 6.42 Å². The number of carbonyl (C=O) groups is 1. The summed E-state index contributed by atoms with van der Waals surface area (Å²) in [4.78, 5) is 12.0. The molecule has 0 amide bonds. The molecule has 1 unspecified atom stereocenters. The molecule has 0 aromatic rings. The van der Waals surface area contributed by atoms with E-state index in [0.29, 0.717) is 17.1 Å². The van der Waals surface area contributed by atoms with Gasteiger partial charge in [-0.25, -0.2) is 0 Å². The summed E-state index contributed by atoms with van der Waals surface area (Å²) in [7, 11) is 0. The van der Waals surface area contributed by atoms with Crippen molar-refractivity contribution >= 4 is 5.78 Å². The number of hydrogen-bond acceptors (Lipinski definition) is 2. The minimum absolute atomic E-state index is 0.0739. The number of fused-ring (bicyclic) bond motifs is 3. The van der Waals surface area contributed by atoms with Gasteiger partial charge in [-0.15, -0.1) is 0 Å². The Bertz CT molecular complexity index is 621. The standard InChI is InChI=1S/C21H30O2/c1-12-8-17-15(19(2)6-4-14(22)10-16(12)19)5-7-20(3)18(23)9-13-11-21(13,17)20/h10,12-13,15,17-18,23H,4-9,11H2,1-3H3/t12-,13+,15-,17+,18?,19+,20+,21-/m0/s1. The van der Waals surface area contributed by atoms with Crippen LogP contribution < -0.4 is 0 Å². The zero-order valence-electron chi connectivity index (χ0n) is 14.8. The quantitative estimate of drug-likeness (QED) is 0.730.